The first-order valence-corrected chi connectivity index (χ1v) is 5.27. The number of nitrogen functional groups attached to an aromatic ring is 1. The van der Waals surface area contributed by atoms with Crippen LogP contribution in [0.15, 0.2) is 6.20 Å². The van der Waals surface area contributed by atoms with Gasteiger partial charge in [0.1, 0.15) is 6.10 Å². The second-order valence-corrected chi connectivity index (χ2v) is 3.59. The number of nitrogens with zero attached hydrogens (tertiary/aromatic N) is 2. The number of aliphatic hydroxyl groups is 2. The molecule has 0 saturated heterocycles. The third-order valence-electron chi connectivity index (χ3n) is 2.34. The van der Waals surface area contributed by atoms with E-state index in [0.29, 0.717) is 13.0 Å². The molecule has 7 heteroatoms. The molecule has 1 rings (SSSR count). The molecule has 0 aliphatic carbocycles. The zero-order valence-corrected chi connectivity index (χ0v) is 9.92. The first kappa shape index (κ1) is 13.6. The molecular weight excluding hydrogens is 224 g/mol. The minimum atomic E-state index is -1.11. The van der Waals surface area contributed by atoms with Crippen LogP contribution >= 0.6 is 0 Å². The molecule has 0 aromatic carbocycles. The number of nitrogens with two attached hydrogens (primary N) is 1. The molecule has 1 aromatic rings. The molecule has 0 aliphatic rings. The standard InChI is InChI=1S/C10H18N4O3/c1-12-4-3-7(15)8(16)6-5-13-9(11)10(14-6)17-2/h5,7-8,12,15-16H,3-4H2,1-2H3,(H2,11,13). The Hall–Kier alpha value is -1.44. The lowest BCUT2D eigenvalue weighted by Crippen LogP contribution is -2.24. The van der Waals surface area contributed by atoms with E-state index in [1.807, 2.05) is 0 Å². The number of rotatable bonds is 6. The van der Waals surface area contributed by atoms with Gasteiger partial charge in [0.05, 0.1) is 25.1 Å². The van der Waals surface area contributed by atoms with E-state index in [9.17, 15) is 10.2 Å². The third kappa shape index (κ3) is 3.52. The third-order valence-corrected chi connectivity index (χ3v) is 2.34. The second kappa shape index (κ2) is 6.33. The highest BCUT2D eigenvalue weighted by molar-refractivity contribution is 5.40. The summed E-state index contributed by atoms with van der Waals surface area (Å²) in [6.07, 6.45) is -0.285. The summed E-state index contributed by atoms with van der Waals surface area (Å²) in [6.45, 7) is 0.595. The molecular formula is C10H18N4O3. The quantitative estimate of drug-likeness (QED) is 0.509. The maximum absolute atomic E-state index is 9.85. The maximum atomic E-state index is 9.85. The van der Waals surface area contributed by atoms with Crippen molar-refractivity contribution in [1.82, 2.24) is 15.3 Å². The molecule has 17 heavy (non-hydrogen) atoms. The van der Waals surface area contributed by atoms with Gasteiger partial charge >= 0.3 is 0 Å². The van der Waals surface area contributed by atoms with Crippen LogP contribution in [0.3, 0.4) is 0 Å². The molecule has 2 unspecified atom stereocenters. The average molecular weight is 242 g/mol. The molecule has 1 heterocycles. The Kier molecular flexibility index (Phi) is 5.08. The van der Waals surface area contributed by atoms with Crippen molar-refractivity contribution in [2.24, 2.45) is 0 Å². The topological polar surface area (TPSA) is 114 Å². The first-order chi connectivity index (χ1) is 8.10. The van der Waals surface area contributed by atoms with E-state index in [0.717, 1.165) is 0 Å². The maximum Gasteiger partial charge on any atom is 0.257 e. The van der Waals surface area contributed by atoms with Gasteiger partial charge in [-0.1, -0.05) is 0 Å². The lowest BCUT2D eigenvalue weighted by Gasteiger charge is -2.17. The Morgan fingerprint density at radius 1 is 1.53 bits per heavy atom. The smallest absolute Gasteiger partial charge is 0.257 e. The first-order valence-electron chi connectivity index (χ1n) is 5.27. The zero-order valence-electron chi connectivity index (χ0n) is 9.92. The molecule has 7 nitrogen and oxygen atoms in total. The van der Waals surface area contributed by atoms with Gasteiger partial charge in [-0.2, -0.15) is 0 Å². The van der Waals surface area contributed by atoms with Crippen molar-refractivity contribution in [1.29, 1.82) is 0 Å². The number of hydrogen-bond donors (Lipinski definition) is 4. The Morgan fingerprint density at radius 3 is 2.82 bits per heavy atom. The number of hydrogen-bond acceptors (Lipinski definition) is 7. The van der Waals surface area contributed by atoms with Gasteiger partial charge in [0.15, 0.2) is 5.82 Å². The van der Waals surface area contributed by atoms with Crippen LogP contribution in [0.5, 0.6) is 5.88 Å². The number of anilines is 1. The molecule has 96 valence electrons. The van der Waals surface area contributed by atoms with Crippen molar-refractivity contribution in [3.63, 3.8) is 0 Å². The summed E-state index contributed by atoms with van der Waals surface area (Å²) >= 11 is 0. The Labute approximate surface area is 99.7 Å². The minimum absolute atomic E-state index is 0.141. The molecule has 5 N–H and O–H groups in total. The van der Waals surface area contributed by atoms with E-state index < -0.39 is 12.2 Å². The summed E-state index contributed by atoms with van der Waals surface area (Å²) in [4.78, 5) is 7.82. The van der Waals surface area contributed by atoms with Crippen LogP contribution in [-0.4, -0.2) is 47.0 Å². The van der Waals surface area contributed by atoms with Crippen molar-refractivity contribution in [2.45, 2.75) is 18.6 Å². The highest BCUT2D eigenvalue weighted by atomic mass is 16.5. The van der Waals surface area contributed by atoms with E-state index in [-0.39, 0.29) is 17.4 Å². The summed E-state index contributed by atoms with van der Waals surface area (Å²) < 4.78 is 4.89. The highest BCUT2D eigenvalue weighted by Crippen LogP contribution is 2.21. The summed E-state index contributed by atoms with van der Waals surface area (Å²) in [5.41, 5.74) is 5.74. The number of ether oxygens (including phenoxy) is 1. The van der Waals surface area contributed by atoms with Gasteiger partial charge in [-0.3, -0.25) is 0 Å². The highest BCUT2D eigenvalue weighted by Gasteiger charge is 2.20. The van der Waals surface area contributed by atoms with Crippen LogP contribution in [0.1, 0.15) is 18.2 Å². The predicted octanol–water partition coefficient (Wildman–Crippen LogP) is -0.929. The Balaban J connectivity index is 2.77. The van der Waals surface area contributed by atoms with Gasteiger partial charge in [0, 0.05) is 0 Å². The van der Waals surface area contributed by atoms with Crippen molar-refractivity contribution >= 4 is 5.82 Å². The monoisotopic (exact) mass is 242 g/mol. The van der Waals surface area contributed by atoms with Gasteiger partial charge in [0.25, 0.3) is 5.88 Å². The molecule has 0 bridgehead atoms. The zero-order chi connectivity index (χ0) is 12.8. The van der Waals surface area contributed by atoms with Crippen LogP contribution in [0.25, 0.3) is 0 Å². The fraction of sp³-hybridized carbons (Fsp3) is 0.600. The minimum Gasteiger partial charge on any atom is -0.478 e. The van der Waals surface area contributed by atoms with Gasteiger partial charge in [-0.25, -0.2) is 9.97 Å². The van der Waals surface area contributed by atoms with E-state index in [1.54, 1.807) is 7.05 Å². The summed E-state index contributed by atoms with van der Waals surface area (Å²) in [6, 6.07) is 0. The molecule has 1 aromatic heterocycles. The summed E-state index contributed by atoms with van der Waals surface area (Å²) in [5.74, 6) is 0.288. The van der Waals surface area contributed by atoms with E-state index >= 15 is 0 Å². The predicted molar refractivity (Wildman–Crippen MR) is 62.5 cm³/mol. The lowest BCUT2D eigenvalue weighted by molar-refractivity contribution is 0.0110. The Morgan fingerprint density at radius 2 is 2.24 bits per heavy atom. The molecule has 0 saturated carbocycles. The van der Waals surface area contributed by atoms with E-state index in [2.05, 4.69) is 15.3 Å². The summed E-state index contributed by atoms with van der Waals surface area (Å²) in [5, 5.41) is 22.4. The molecule has 2 atom stereocenters. The lowest BCUT2D eigenvalue weighted by atomic mass is 10.1. The average Bonchev–Trinajstić information content (AvgIpc) is 2.35. The molecule has 0 amide bonds. The Bertz CT molecular complexity index is 361. The largest absolute Gasteiger partial charge is 0.478 e. The van der Waals surface area contributed by atoms with Crippen molar-refractivity contribution in [3.05, 3.63) is 11.9 Å². The summed E-state index contributed by atoms with van der Waals surface area (Å²) in [7, 11) is 3.18. The van der Waals surface area contributed by atoms with Crippen molar-refractivity contribution in [3.8, 4) is 5.88 Å². The molecule has 0 aliphatic heterocycles. The molecule has 0 spiro atoms. The van der Waals surface area contributed by atoms with Gasteiger partial charge in [-0.05, 0) is 20.0 Å². The normalized spacial score (nSPS) is 14.4. The van der Waals surface area contributed by atoms with Gasteiger partial charge in [0.2, 0.25) is 0 Å². The van der Waals surface area contributed by atoms with Gasteiger partial charge < -0.3 is 26.0 Å². The van der Waals surface area contributed by atoms with E-state index in [1.165, 1.54) is 13.3 Å². The second-order valence-electron chi connectivity index (χ2n) is 3.59. The number of methoxy groups -OCH3 is 1. The van der Waals surface area contributed by atoms with Crippen LogP contribution < -0.4 is 15.8 Å². The molecule has 0 radical (unpaired) electrons. The van der Waals surface area contributed by atoms with Crippen LogP contribution in [0.2, 0.25) is 0 Å². The number of nitrogens with one attached hydrogen (secondary N) is 1. The fourth-order valence-electron chi connectivity index (χ4n) is 1.33. The SMILES string of the molecule is CNCCC(O)C(O)c1cnc(N)c(OC)n1. The number of aromatic nitrogens is 2. The van der Waals surface area contributed by atoms with Gasteiger partial charge in [-0.15, -0.1) is 0 Å². The fourth-order valence-corrected chi connectivity index (χ4v) is 1.33. The number of aliphatic hydroxyl groups excluding tert-OH is 2. The van der Waals surface area contributed by atoms with E-state index in [4.69, 9.17) is 10.5 Å². The van der Waals surface area contributed by atoms with Crippen molar-refractivity contribution < 1.29 is 14.9 Å². The van der Waals surface area contributed by atoms with Crippen LogP contribution in [-0.2, 0) is 0 Å². The van der Waals surface area contributed by atoms with Crippen molar-refractivity contribution in [2.75, 3.05) is 26.4 Å². The van der Waals surface area contributed by atoms with Crippen LogP contribution in [0, 0.1) is 0 Å². The molecule has 0 fully saturated rings. The van der Waals surface area contributed by atoms with Crippen LogP contribution in [0.4, 0.5) is 5.82 Å².